The highest BCUT2D eigenvalue weighted by atomic mass is 79.9. The molecular weight excluding hydrogens is 352 g/mol. The van der Waals surface area contributed by atoms with Gasteiger partial charge in [0.05, 0.1) is 5.56 Å². The fourth-order valence-corrected chi connectivity index (χ4v) is 3.81. The molecular formula is C16H22BrClN2O. The zero-order chi connectivity index (χ0) is 15.4. The van der Waals surface area contributed by atoms with Crippen LogP contribution in [0.4, 0.5) is 0 Å². The quantitative estimate of drug-likeness (QED) is 0.864. The summed E-state index contributed by atoms with van der Waals surface area (Å²) in [6.45, 7) is 3.36. The van der Waals surface area contributed by atoms with E-state index in [9.17, 15) is 4.79 Å². The van der Waals surface area contributed by atoms with Crippen LogP contribution in [0.1, 0.15) is 43.0 Å². The molecule has 0 spiro atoms. The maximum atomic E-state index is 12.9. The van der Waals surface area contributed by atoms with Crippen molar-refractivity contribution in [3.05, 3.63) is 33.3 Å². The number of halogens is 2. The summed E-state index contributed by atoms with van der Waals surface area (Å²) in [5.74, 6) is 0.442. The molecule has 0 radical (unpaired) electrons. The molecule has 0 bridgehead atoms. The van der Waals surface area contributed by atoms with Gasteiger partial charge in [0.2, 0.25) is 0 Å². The molecule has 0 heterocycles. The molecule has 0 aromatic heterocycles. The summed E-state index contributed by atoms with van der Waals surface area (Å²) in [6, 6.07) is 5.58. The number of rotatable bonds is 4. The van der Waals surface area contributed by atoms with Crippen LogP contribution >= 0.6 is 27.5 Å². The van der Waals surface area contributed by atoms with Crippen LogP contribution in [0, 0.1) is 5.92 Å². The highest BCUT2D eigenvalue weighted by Gasteiger charge is 2.32. The van der Waals surface area contributed by atoms with Gasteiger partial charge >= 0.3 is 0 Å². The predicted octanol–water partition coefficient (Wildman–Crippen LogP) is 4.08. The first-order valence-corrected chi connectivity index (χ1v) is 8.71. The Balaban J connectivity index is 2.27. The molecule has 1 saturated carbocycles. The largest absolute Gasteiger partial charge is 0.336 e. The van der Waals surface area contributed by atoms with E-state index in [4.69, 9.17) is 17.3 Å². The van der Waals surface area contributed by atoms with E-state index in [0.717, 1.165) is 17.3 Å². The number of benzene rings is 1. The summed E-state index contributed by atoms with van der Waals surface area (Å²) in [6.07, 6.45) is 4.54. The van der Waals surface area contributed by atoms with Gasteiger partial charge in [-0.3, -0.25) is 4.79 Å². The van der Waals surface area contributed by atoms with E-state index in [0.29, 0.717) is 29.6 Å². The number of amides is 1. The lowest BCUT2D eigenvalue weighted by molar-refractivity contribution is 0.0559. The van der Waals surface area contributed by atoms with Gasteiger partial charge in [0.15, 0.2) is 0 Å². The Morgan fingerprint density at radius 2 is 2.14 bits per heavy atom. The lowest BCUT2D eigenvalue weighted by atomic mass is 9.83. The van der Waals surface area contributed by atoms with Crippen LogP contribution in [0.15, 0.2) is 22.7 Å². The lowest BCUT2D eigenvalue weighted by Crippen LogP contribution is -2.48. The smallest absolute Gasteiger partial charge is 0.255 e. The van der Waals surface area contributed by atoms with E-state index in [1.807, 2.05) is 17.9 Å². The molecule has 1 fully saturated rings. The molecule has 116 valence electrons. The molecule has 1 aromatic carbocycles. The van der Waals surface area contributed by atoms with Crippen LogP contribution < -0.4 is 5.73 Å². The first-order valence-electron chi connectivity index (χ1n) is 7.54. The van der Waals surface area contributed by atoms with Crippen molar-refractivity contribution < 1.29 is 4.79 Å². The van der Waals surface area contributed by atoms with Gasteiger partial charge in [-0.15, -0.1) is 0 Å². The fourth-order valence-electron chi connectivity index (χ4n) is 3.22. The number of nitrogens with zero attached hydrogens (tertiary/aromatic N) is 1. The summed E-state index contributed by atoms with van der Waals surface area (Å²) in [7, 11) is 0. The van der Waals surface area contributed by atoms with Gasteiger partial charge in [-0.1, -0.05) is 24.4 Å². The molecule has 2 unspecified atom stereocenters. The van der Waals surface area contributed by atoms with Crippen LogP contribution in [0.3, 0.4) is 0 Å². The second kappa shape index (κ2) is 7.61. The van der Waals surface area contributed by atoms with Gasteiger partial charge in [-0.05, 0) is 66.4 Å². The van der Waals surface area contributed by atoms with Crippen LogP contribution in [0.2, 0.25) is 5.02 Å². The van der Waals surface area contributed by atoms with Crippen molar-refractivity contribution in [1.82, 2.24) is 4.90 Å². The highest BCUT2D eigenvalue weighted by molar-refractivity contribution is 9.10. The molecule has 0 saturated heterocycles. The topological polar surface area (TPSA) is 46.3 Å². The van der Waals surface area contributed by atoms with Crippen LogP contribution in [0.25, 0.3) is 0 Å². The van der Waals surface area contributed by atoms with Crippen molar-refractivity contribution in [1.29, 1.82) is 0 Å². The third-order valence-electron chi connectivity index (χ3n) is 4.33. The minimum absolute atomic E-state index is 0.0391. The maximum Gasteiger partial charge on any atom is 0.255 e. The molecule has 2 N–H and O–H groups in total. The van der Waals surface area contributed by atoms with Gasteiger partial charge < -0.3 is 10.6 Å². The molecule has 1 aliphatic carbocycles. The maximum absolute atomic E-state index is 12.9. The molecule has 3 nitrogen and oxygen atoms in total. The SMILES string of the molecule is CCN(C(=O)c1cc(Cl)ccc1Br)C1CCCCC1CN. The normalized spacial score (nSPS) is 22.1. The third-order valence-corrected chi connectivity index (χ3v) is 5.26. The van der Waals surface area contributed by atoms with E-state index in [2.05, 4.69) is 15.9 Å². The Hall–Kier alpha value is -0.580. The van der Waals surface area contributed by atoms with Crippen molar-refractivity contribution in [2.75, 3.05) is 13.1 Å². The molecule has 2 atom stereocenters. The Morgan fingerprint density at radius 3 is 2.81 bits per heavy atom. The number of carbonyl (C=O) groups is 1. The zero-order valence-electron chi connectivity index (χ0n) is 12.3. The van der Waals surface area contributed by atoms with Gasteiger partial charge in [0, 0.05) is 22.1 Å². The van der Waals surface area contributed by atoms with Crippen molar-refractivity contribution in [2.45, 2.75) is 38.6 Å². The van der Waals surface area contributed by atoms with E-state index >= 15 is 0 Å². The first kappa shape index (κ1) is 16.8. The molecule has 1 aromatic rings. The predicted molar refractivity (Wildman–Crippen MR) is 90.7 cm³/mol. The van der Waals surface area contributed by atoms with Crippen LogP contribution in [-0.4, -0.2) is 29.9 Å². The number of nitrogens with two attached hydrogens (primary N) is 1. The Labute approximate surface area is 140 Å². The molecule has 21 heavy (non-hydrogen) atoms. The summed E-state index contributed by atoms with van der Waals surface area (Å²) < 4.78 is 0.787. The third kappa shape index (κ3) is 3.79. The summed E-state index contributed by atoms with van der Waals surface area (Å²) in [5.41, 5.74) is 6.54. The van der Waals surface area contributed by atoms with Crippen molar-refractivity contribution in [3.8, 4) is 0 Å². The van der Waals surface area contributed by atoms with E-state index in [1.165, 1.54) is 12.8 Å². The van der Waals surface area contributed by atoms with Crippen LogP contribution in [-0.2, 0) is 0 Å². The lowest BCUT2D eigenvalue weighted by Gasteiger charge is -2.39. The van der Waals surface area contributed by atoms with Gasteiger partial charge in [0.1, 0.15) is 0 Å². The standard InChI is InChI=1S/C16H22BrClN2O/c1-2-20(15-6-4-3-5-11(15)10-19)16(21)13-9-12(18)7-8-14(13)17/h7-9,11,15H,2-6,10,19H2,1H3. The molecule has 1 aliphatic rings. The summed E-state index contributed by atoms with van der Waals surface area (Å²) in [4.78, 5) is 14.9. The Morgan fingerprint density at radius 1 is 1.43 bits per heavy atom. The molecule has 1 amide bonds. The minimum atomic E-state index is 0.0391. The summed E-state index contributed by atoms with van der Waals surface area (Å²) >= 11 is 9.49. The monoisotopic (exact) mass is 372 g/mol. The van der Waals surface area contributed by atoms with Gasteiger partial charge in [-0.25, -0.2) is 0 Å². The van der Waals surface area contributed by atoms with Crippen LogP contribution in [0.5, 0.6) is 0 Å². The van der Waals surface area contributed by atoms with Crippen molar-refractivity contribution in [3.63, 3.8) is 0 Å². The zero-order valence-corrected chi connectivity index (χ0v) is 14.7. The van der Waals surface area contributed by atoms with Crippen molar-refractivity contribution in [2.24, 2.45) is 11.7 Å². The molecule has 2 rings (SSSR count). The Bertz CT molecular complexity index is 509. The second-order valence-corrected chi connectivity index (χ2v) is 6.85. The molecule has 5 heteroatoms. The minimum Gasteiger partial charge on any atom is -0.336 e. The second-order valence-electron chi connectivity index (χ2n) is 5.56. The average Bonchev–Trinajstić information content (AvgIpc) is 2.50. The number of carbonyl (C=O) groups excluding carboxylic acids is 1. The first-order chi connectivity index (χ1) is 10.1. The number of hydrogen-bond acceptors (Lipinski definition) is 2. The highest BCUT2D eigenvalue weighted by Crippen LogP contribution is 2.30. The summed E-state index contributed by atoms with van der Waals surface area (Å²) in [5, 5.41) is 0.580. The number of hydrogen-bond donors (Lipinski definition) is 1. The molecule has 0 aliphatic heterocycles. The van der Waals surface area contributed by atoms with Gasteiger partial charge in [0.25, 0.3) is 5.91 Å². The van der Waals surface area contributed by atoms with E-state index in [-0.39, 0.29) is 11.9 Å². The average molecular weight is 374 g/mol. The van der Waals surface area contributed by atoms with E-state index in [1.54, 1.807) is 12.1 Å². The fraction of sp³-hybridized carbons (Fsp3) is 0.562. The van der Waals surface area contributed by atoms with Gasteiger partial charge in [-0.2, -0.15) is 0 Å². The van der Waals surface area contributed by atoms with Crippen molar-refractivity contribution >= 4 is 33.4 Å². The Kier molecular flexibility index (Phi) is 6.08. The van der Waals surface area contributed by atoms with E-state index < -0.39 is 0 Å².